The average molecular weight is 314 g/mol. The van der Waals surface area contributed by atoms with Crippen LogP contribution >= 0.6 is 11.8 Å². The monoisotopic (exact) mass is 314 g/mol. The Balaban J connectivity index is 2.52. The van der Waals surface area contributed by atoms with Crippen LogP contribution < -0.4 is 10.6 Å². The van der Waals surface area contributed by atoms with Crippen molar-refractivity contribution in [3.05, 3.63) is 0 Å². The molecule has 8 heteroatoms. The van der Waals surface area contributed by atoms with E-state index in [-0.39, 0.29) is 17.2 Å². The number of amides is 1. The minimum atomic E-state index is -0.213. The smallest absolute Gasteiger partial charge is 0.233 e. The van der Waals surface area contributed by atoms with Gasteiger partial charge in [0.2, 0.25) is 11.1 Å². The van der Waals surface area contributed by atoms with E-state index in [0.717, 1.165) is 25.9 Å². The normalized spacial score (nSPS) is 12.6. The van der Waals surface area contributed by atoms with Crippen molar-refractivity contribution < 1.29 is 4.79 Å². The maximum Gasteiger partial charge on any atom is 0.233 e. The number of thioether (sulfide) groups is 1. The molecule has 21 heavy (non-hydrogen) atoms. The molecule has 7 nitrogen and oxygen atoms in total. The molecular formula is C13H26N6OS. The van der Waals surface area contributed by atoms with Gasteiger partial charge in [-0.3, -0.25) is 4.79 Å². The first-order valence-corrected chi connectivity index (χ1v) is 8.44. The molecule has 1 aromatic rings. The van der Waals surface area contributed by atoms with E-state index in [9.17, 15) is 4.79 Å². The predicted molar refractivity (Wildman–Crippen MR) is 84.2 cm³/mol. The van der Waals surface area contributed by atoms with Crippen molar-refractivity contribution >= 4 is 17.7 Å². The number of hydrogen-bond acceptors (Lipinski definition) is 6. The average Bonchev–Trinajstić information content (AvgIpc) is 2.92. The molecule has 0 radical (unpaired) electrons. The molecule has 0 saturated carbocycles. The summed E-state index contributed by atoms with van der Waals surface area (Å²) in [6, 6.07) is 0.241. The van der Waals surface area contributed by atoms with E-state index in [0.29, 0.717) is 11.7 Å². The summed E-state index contributed by atoms with van der Waals surface area (Å²) >= 11 is 1.39. The summed E-state index contributed by atoms with van der Waals surface area (Å²) in [6.45, 7) is 10.5. The Kier molecular flexibility index (Phi) is 8.29. The summed E-state index contributed by atoms with van der Waals surface area (Å²) in [5, 5.41) is 18.4. The molecule has 1 atom stereocenters. The molecule has 120 valence electrons. The Morgan fingerprint density at radius 3 is 2.67 bits per heavy atom. The summed E-state index contributed by atoms with van der Waals surface area (Å²) in [7, 11) is 0. The van der Waals surface area contributed by atoms with Crippen LogP contribution in [0, 0.1) is 0 Å². The summed E-state index contributed by atoms with van der Waals surface area (Å²) in [4.78, 5) is 12.1. The number of tetrazole rings is 1. The van der Waals surface area contributed by atoms with Crippen LogP contribution in [-0.2, 0) is 11.3 Å². The van der Waals surface area contributed by atoms with Gasteiger partial charge in [0.25, 0.3) is 0 Å². The lowest BCUT2D eigenvalue weighted by Gasteiger charge is -2.17. The molecule has 0 aromatic carbocycles. The first-order valence-electron chi connectivity index (χ1n) is 7.56. The number of hydrogen-bond donors (Lipinski definition) is 2. The first-order chi connectivity index (χ1) is 10.1. The minimum absolute atomic E-state index is 0.0370. The number of rotatable bonds is 10. The number of carbonyl (C=O) groups is 1. The molecule has 0 bridgehead atoms. The van der Waals surface area contributed by atoms with E-state index in [4.69, 9.17) is 0 Å². The summed E-state index contributed by atoms with van der Waals surface area (Å²) in [6.07, 6.45) is 1.89. The van der Waals surface area contributed by atoms with Gasteiger partial charge >= 0.3 is 0 Å². The van der Waals surface area contributed by atoms with Crippen LogP contribution in [0.25, 0.3) is 0 Å². The van der Waals surface area contributed by atoms with E-state index < -0.39 is 0 Å². The largest absolute Gasteiger partial charge is 0.352 e. The highest BCUT2D eigenvalue weighted by Crippen LogP contribution is 2.20. The second kappa shape index (κ2) is 9.73. The molecule has 1 amide bonds. The Morgan fingerprint density at radius 1 is 1.33 bits per heavy atom. The molecule has 1 unspecified atom stereocenters. The summed E-state index contributed by atoms with van der Waals surface area (Å²) in [5.41, 5.74) is 0. The highest BCUT2D eigenvalue weighted by atomic mass is 32.2. The van der Waals surface area contributed by atoms with E-state index >= 15 is 0 Å². The molecule has 1 heterocycles. The van der Waals surface area contributed by atoms with Gasteiger partial charge in [-0.05, 0) is 36.7 Å². The van der Waals surface area contributed by atoms with Crippen molar-refractivity contribution in [2.24, 2.45) is 0 Å². The molecule has 0 aliphatic heterocycles. The van der Waals surface area contributed by atoms with Gasteiger partial charge in [0.1, 0.15) is 0 Å². The van der Waals surface area contributed by atoms with Crippen LogP contribution in [0.1, 0.15) is 40.5 Å². The number of carbonyl (C=O) groups excluding carboxylic acids is 1. The van der Waals surface area contributed by atoms with Crippen LogP contribution in [0.5, 0.6) is 0 Å². The van der Waals surface area contributed by atoms with Crippen molar-refractivity contribution in [3.8, 4) is 0 Å². The van der Waals surface area contributed by atoms with Crippen molar-refractivity contribution in [2.45, 2.75) is 63.5 Å². The zero-order valence-electron chi connectivity index (χ0n) is 13.3. The zero-order valence-corrected chi connectivity index (χ0v) is 14.1. The van der Waals surface area contributed by atoms with Gasteiger partial charge in [-0.1, -0.05) is 32.5 Å². The Labute approximate surface area is 130 Å². The lowest BCUT2D eigenvalue weighted by molar-refractivity contribution is -0.121. The maximum atomic E-state index is 12.1. The topological polar surface area (TPSA) is 84.7 Å². The third kappa shape index (κ3) is 6.01. The first kappa shape index (κ1) is 17.9. The van der Waals surface area contributed by atoms with Gasteiger partial charge in [-0.25, -0.2) is 4.68 Å². The standard InChI is InChI=1S/C13H26N6OS/c1-5-11(6-2)15-12(20)10(4)21-13-16-17-18-19(13)9-8-14-7-3/h10-11,14H,5-9H2,1-4H3,(H,15,20). The molecule has 0 aliphatic rings. The fraction of sp³-hybridized carbons (Fsp3) is 0.846. The Bertz CT molecular complexity index is 421. The number of nitrogens with one attached hydrogen (secondary N) is 2. The third-order valence-corrected chi connectivity index (χ3v) is 4.30. The van der Waals surface area contributed by atoms with Crippen molar-refractivity contribution in [2.75, 3.05) is 13.1 Å². The SMILES string of the molecule is CCNCCn1nnnc1SC(C)C(=O)NC(CC)CC. The fourth-order valence-electron chi connectivity index (χ4n) is 1.81. The minimum Gasteiger partial charge on any atom is -0.352 e. The van der Waals surface area contributed by atoms with E-state index in [2.05, 4.69) is 46.9 Å². The number of nitrogens with zero attached hydrogens (tertiary/aromatic N) is 4. The fourth-order valence-corrected chi connectivity index (χ4v) is 2.63. The van der Waals surface area contributed by atoms with Crippen molar-refractivity contribution in [1.29, 1.82) is 0 Å². The predicted octanol–water partition coefficient (Wildman–Crippen LogP) is 1.07. The molecular weight excluding hydrogens is 288 g/mol. The molecule has 2 N–H and O–H groups in total. The highest BCUT2D eigenvalue weighted by Gasteiger charge is 2.20. The maximum absolute atomic E-state index is 12.1. The molecule has 0 fully saturated rings. The number of aromatic nitrogens is 4. The molecule has 0 saturated heterocycles. The van der Waals surface area contributed by atoms with Crippen LogP contribution in [-0.4, -0.2) is 50.5 Å². The molecule has 1 rings (SSSR count). The highest BCUT2D eigenvalue weighted by molar-refractivity contribution is 8.00. The van der Waals surface area contributed by atoms with Crippen LogP contribution in [0.4, 0.5) is 0 Å². The summed E-state index contributed by atoms with van der Waals surface area (Å²) in [5.74, 6) is 0.0370. The summed E-state index contributed by atoms with van der Waals surface area (Å²) < 4.78 is 1.73. The second-order valence-electron chi connectivity index (χ2n) is 4.82. The molecule has 0 spiro atoms. The van der Waals surface area contributed by atoms with Crippen molar-refractivity contribution in [1.82, 2.24) is 30.8 Å². The second-order valence-corrected chi connectivity index (χ2v) is 6.13. The van der Waals surface area contributed by atoms with Crippen LogP contribution in [0.3, 0.4) is 0 Å². The van der Waals surface area contributed by atoms with Gasteiger partial charge in [-0.2, -0.15) is 0 Å². The van der Waals surface area contributed by atoms with Gasteiger partial charge in [0.05, 0.1) is 11.8 Å². The van der Waals surface area contributed by atoms with Gasteiger partial charge in [0, 0.05) is 12.6 Å². The van der Waals surface area contributed by atoms with E-state index in [1.807, 2.05) is 6.92 Å². The van der Waals surface area contributed by atoms with Crippen LogP contribution in [0.15, 0.2) is 5.16 Å². The molecule has 1 aromatic heterocycles. The third-order valence-electron chi connectivity index (χ3n) is 3.23. The molecule has 0 aliphatic carbocycles. The van der Waals surface area contributed by atoms with E-state index in [1.165, 1.54) is 11.8 Å². The van der Waals surface area contributed by atoms with Gasteiger partial charge < -0.3 is 10.6 Å². The number of likely N-dealkylation sites (N-methyl/N-ethyl adjacent to an activating group) is 1. The van der Waals surface area contributed by atoms with Crippen molar-refractivity contribution in [3.63, 3.8) is 0 Å². The quantitative estimate of drug-likeness (QED) is 0.496. The lowest BCUT2D eigenvalue weighted by atomic mass is 10.2. The Hall–Kier alpha value is -1.15. The lowest BCUT2D eigenvalue weighted by Crippen LogP contribution is -2.38. The zero-order chi connectivity index (χ0) is 15.7. The van der Waals surface area contributed by atoms with E-state index in [1.54, 1.807) is 4.68 Å². The van der Waals surface area contributed by atoms with Crippen LogP contribution in [0.2, 0.25) is 0 Å². The Morgan fingerprint density at radius 2 is 2.05 bits per heavy atom. The van der Waals surface area contributed by atoms with Gasteiger partial charge in [0.15, 0.2) is 0 Å². The van der Waals surface area contributed by atoms with Gasteiger partial charge in [-0.15, -0.1) is 5.10 Å².